The van der Waals surface area contributed by atoms with Gasteiger partial charge in [-0.15, -0.1) is 0 Å². The van der Waals surface area contributed by atoms with Gasteiger partial charge < -0.3 is 21.7 Å². The van der Waals surface area contributed by atoms with Crippen molar-refractivity contribution in [2.24, 2.45) is 5.73 Å². The summed E-state index contributed by atoms with van der Waals surface area (Å²) in [4.78, 5) is 0. The van der Waals surface area contributed by atoms with Crippen LogP contribution in [0.1, 0.15) is 12.5 Å². The first kappa shape index (κ1) is 15.4. The summed E-state index contributed by atoms with van der Waals surface area (Å²) in [6.45, 7) is 1.61. The predicted molar refractivity (Wildman–Crippen MR) is 86.6 cm³/mol. The molecule has 112 valence electrons. The van der Waals surface area contributed by atoms with Crippen LogP contribution in [0.2, 0.25) is 0 Å². The third kappa shape index (κ3) is 3.03. The van der Waals surface area contributed by atoms with Crippen LogP contribution in [0.3, 0.4) is 0 Å². The Bertz CT molecular complexity index is 753. The summed E-state index contributed by atoms with van der Waals surface area (Å²) in [7, 11) is 0. The van der Waals surface area contributed by atoms with Gasteiger partial charge in [-0.2, -0.15) is 0 Å². The lowest BCUT2D eigenvalue weighted by atomic mass is 9.91. The average molecular weight is 297 g/mol. The second-order valence-corrected chi connectivity index (χ2v) is 4.82. The maximum atomic E-state index is 13.0. The van der Waals surface area contributed by atoms with E-state index in [1.165, 1.54) is 36.5 Å². The number of aliphatic hydroxyl groups is 1. The Kier molecular flexibility index (Phi) is 4.36. The molecule has 0 saturated heterocycles. The minimum Gasteiger partial charge on any atom is -0.507 e. The molecule has 0 radical (unpaired) electrons. The van der Waals surface area contributed by atoms with Crippen molar-refractivity contribution in [2.45, 2.75) is 6.92 Å². The van der Waals surface area contributed by atoms with E-state index < -0.39 is 5.82 Å². The van der Waals surface area contributed by atoms with E-state index in [-0.39, 0.29) is 17.2 Å². The number of benzene rings is 1. The van der Waals surface area contributed by atoms with Crippen LogP contribution >= 0.6 is 0 Å². The summed E-state index contributed by atoms with van der Waals surface area (Å²) in [6, 6.07) is 5.37. The average Bonchev–Trinajstić information content (AvgIpc) is 2.49. The number of hydrogen-bond donors (Lipinski definition) is 4. The number of halogens is 1. The van der Waals surface area contributed by atoms with Crippen LogP contribution in [0.4, 0.5) is 4.39 Å². The molecule has 0 bridgehead atoms. The Hall–Kier alpha value is -2.95. The van der Waals surface area contributed by atoms with E-state index >= 15 is 0 Å². The molecule has 0 saturated carbocycles. The van der Waals surface area contributed by atoms with Gasteiger partial charge in [-0.25, -0.2) is 4.39 Å². The van der Waals surface area contributed by atoms with Gasteiger partial charge in [0.15, 0.2) is 0 Å². The van der Waals surface area contributed by atoms with Gasteiger partial charge in [0.25, 0.3) is 0 Å². The van der Waals surface area contributed by atoms with E-state index in [9.17, 15) is 9.50 Å². The van der Waals surface area contributed by atoms with E-state index in [0.717, 1.165) is 0 Å². The molecule has 1 aromatic rings. The van der Waals surface area contributed by atoms with E-state index in [0.29, 0.717) is 22.3 Å². The van der Waals surface area contributed by atoms with E-state index in [4.69, 9.17) is 16.6 Å². The van der Waals surface area contributed by atoms with Gasteiger partial charge in [-0.3, -0.25) is 0 Å². The Morgan fingerprint density at radius 3 is 2.41 bits per heavy atom. The zero-order valence-corrected chi connectivity index (χ0v) is 12.0. The molecule has 0 atom stereocenters. The topological polar surface area (TPSA) is 94.0 Å². The van der Waals surface area contributed by atoms with E-state index in [2.05, 4.69) is 0 Å². The molecule has 0 spiro atoms. The Labute approximate surface area is 127 Å². The molecule has 0 heterocycles. The maximum Gasteiger partial charge on any atom is 0.132 e. The third-order valence-electron chi connectivity index (χ3n) is 3.27. The lowest BCUT2D eigenvalue weighted by Gasteiger charge is -2.15. The molecular formula is C17H16FN3O. The van der Waals surface area contributed by atoms with Crippen molar-refractivity contribution >= 4 is 17.2 Å². The van der Waals surface area contributed by atoms with Crippen LogP contribution in [0, 0.1) is 16.6 Å². The summed E-state index contributed by atoms with van der Waals surface area (Å²) < 4.78 is 13.0. The van der Waals surface area contributed by atoms with Crippen molar-refractivity contribution in [3.05, 3.63) is 76.8 Å². The molecule has 0 amide bonds. The fourth-order valence-corrected chi connectivity index (χ4v) is 2.11. The largest absolute Gasteiger partial charge is 0.507 e. The summed E-state index contributed by atoms with van der Waals surface area (Å²) >= 11 is 0. The summed E-state index contributed by atoms with van der Waals surface area (Å²) in [5, 5.41) is 26.0. The van der Waals surface area contributed by atoms with Gasteiger partial charge in [0.1, 0.15) is 11.6 Å². The second kappa shape index (κ2) is 6.22. The molecule has 1 aromatic carbocycles. The highest BCUT2D eigenvalue weighted by molar-refractivity contribution is 6.15. The molecule has 22 heavy (non-hydrogen) atoms. The first-order valence-corrected chi connectivity index (χ1v) is 6.59. The molecule has 0 aromatic heterocycles. The van der Waals surface area contributed by atoms with E-state index in [1.54, 1.807) is 19.1 Å². The maximum absolute atomic E-state index is 13.0. The second-order valence-electron chi connectivity index (χ2n) is 4.82. The van der Waals surface area contributed by atoms with Crippen molar-refractivity contribution in [2.75, 3.05) is 0 Å². The fourth-order valence-electron chi connectivity index (χ4n) is 2.11. The van der Waals surface area contributed by atoms with Crippen LogP contribution in [0.5, 0.6) is 0 Å². The Balaban J connectivity index is 2.53. The number of aliphatic hydroxyl groups excluding tert-OH is 1. The van der Waals surface area contributed by atoms with Crippen molar-refractivity contribution in [3.63, 3.8) is 0 Å². The summed E-state index contributed by atoms with van der Waals surface area (Å²) in [5.74, 6) is -0.518. The SMILES string of the molecule is CC(=N)/C(=C\N)C1=C/C(=C(/O)c2ccc(F)cc2)C(=N)C=C1. The standard InChI is InChI=1S/C17H16FN3O/c1-10(20)15(9-19)12-4-7-16(21)14(8-12)17(22)11-2-5-13(18)6-3-11/h2-9,20-22H,19H2,1H3/b15-9+,17-14-,20-10?,21-16?. The molecule has 0 fully saturated rings. The molecular weight excluding hydrogens is 281 g/mol. The molecule has 5 N–H and O–H groups in total. The lowest BCUT2D eigenvalue weighted by molar-refractivity contribution is 0.509. The lowest BCUT2D eigenvalue weighted by Crippen LogP contribution is -2.09. The molecule has 2 rings (SSSR count). The molecule has 0 aliphatic heterocycles. The van der Waals surface area contributed by atoms with Crippen molar-refractivity contribution in [1.29, 1.82) is 10.8 Å². The number of allylic oxidation sites excluding steroid dienone is 6. The third-order valence-corrected chi connectivity index (χ3v) is 3.27. The normalized spacial score (nSPS) is 17.3. The van der Waals surface area contributed by atoms with Crippen LogP contribution in [0.15, 0.2) is 65.4 Å². The van der Waals surface area contributed by atoms with Gasteiger partial charge in [-0.05, 0) is 48.9 Å². The van der Waals surface area contributed by atoms with Crippen molar-refractivity contribution < 1.29 is 9.50 Å². The highest BCUT2D eigenvalue weighted by atomic mass is 19.1. The highest BCUT2D eigenvalue weighted by Gasteiger charge is 2.16. The summed E-state index contributed by atoms with van der Waals surface area (Å²) in [6.07, 6.45) is 6.11. The first-order chi connectivity index (χ1) is 10.4. The molecule has 5 heteroatoms. The molecule has 0 unspecified atom stereocenters. The van der Waals surface area contributed by atoms with Crippen LogP contribution in [-0.4, -0.2) is 16.5 Å². The zero-order chi connectivity index (χ0) is 16.3. The molecule has 1 aliphatic rings. The fraction of sp³-hybridized carbons (Fsp3) is 0.0588. The number of nitrogens with one attached hydrogen (secondary N) is 2. The van der Waals surface area contributed by atoms with Gasteiger partial charge in [0.05, 0.1) is 5.71 Å². The van der Waals surface area contributed by atoms with Gasteiger partial charge in [-0.1, -0.05) is 6.08 Å². The van der Waals surface area contributed by atoms with Crippen molar-refractivity contribution in [1.82, 2.24) is 0 Å². The smallest absolute Gasteiger partial charge is 0.132 e. The Morgan fingerprint density at radius 1 is 1.23 bits per heavy atom. The van der Waals surface area contributed by atoms with E-state index in [1.807, 2.05) is 0 Å². The zero-order valence-electron chi connectivity index (χ0n) is 12.0. The minimum absolute atomic E-state index is 0.120. The van der Waals surface area contributed by atoms with Crippen molar-refractivity contribution in [3.8, 4) is 0 Å². The highest BCUT2D eigenvalue weighted by Crippen LogP contribution is 2.26. The number of hydrogen-bond acceptors (Lipinski definition) is 4. The first-order valence-electron chi connectivity index (χ1n) is 6.59. The molecule has 4 nitrogen and oxygen atoms in total. The van der Waals surface area contributed by atoms with Crippen LogP contribution in [-0.2, 0) is 0 Å². The van der Waals surface area contributed by atoms with Crippen LogP contribution in [0.25, 0.3) is 5.76 Å². The van der Waals surface area contributed by atoms with Crippen LogP contribution < -0.4 is 5.73 Å². The molecule has 1 aliphatic carbocycles. The monoisotopic (exact) mass is 297 g/mol. The minimum atomic E-state index is -0.399. The predicted octanol–water partition coefficient (Wildman–Crippen LogP) is 3.49. The quantitative estimate of drug-likeness (QED) is 0.507. The van der Waals surface area contributed by atoms with Gasteiger partial charge in [0.2, 0.25) is 0 Å². The van der Waals surface area contributed by atoms with Gasteiger partial charge >= 0.3 is 0 Å². The van der Waals surface area contributed by atoms with Gasteiger partial charge in [0, 0.05) is 28.6 Å². The number of nitrogens with two attached hydrogens (primary N) is 1. The summed E-state index contributed by atoms with van der Waals surface area (Å²) in [5.41, 5.74) is 7.82. The Morgan fingerprint density at radius 2 is 1.86 bits per heavy atom. The number of rotatable bonds is 3.